The van der Waals surface area contributed by atoms with E-state index >= 15 is 0 Å². The molecule has 0 aliphatic carbocycles. The van der Waals surface area contributed by atoms with Crippen LogP contribution >= 0.6 is 11.6 Å². The molecule has 0 aliphatic heterocycles. The number of nitrogens with one attached hydrogen (secondary N) is 1. The van der Waals surface area contributed by atoms with E-state index in [1.54, 1.807) is 0 Å². The fourth-order valence-corrected chi connectivity index (χ4v) is 2.43. The Morgan fingerprint density at radius 3 is 2.29 bits per heavy atom. The van der Waals surface area contributed by atoms with E-state index in [-0.39, 0.29) is 0 Å². The maximum atomic E-state index is 5.75. The number of para-hydroxylation sites is 2. The van der Waals surface area contributed by atoms with Gasteiger partial charge in [0.1, 0.15) is 0 Å². The smallest absolute Gasteiger partial charge is 0.152 e. The summed E-state index contributed by atoms with van der Waals surface area (Å²) in [6, 6.07) is 16.1. The molecule has 106 valence electrons. The van der Waals surface area contributed by atoms with Gasteiger partial charge in [-0.2, -0.15) is 0 Å². The van der Waals surface area contributed by atoms with Crippen molar-refractivity contribution in [3.63, 3.8) is 0 Å². The number of aryl methyl sites for hydroxylation is 2. The van der Waals surface area contributed by atoms with Crippen LogP contribution in [0.5, 0.6) is 0 Å². The quantitative estimate of drug-likeness (QED) is 0.722. The van der Waals surface area contributed by atoms with Crippen molar-refractivity contribution in [3.05, 3.63) is 59.8 Å². The highest BCUT2D eigenvalue weighted by atomic mass is 35.5. The molecule has 2 aromatic carbocycles. The van der Waals surface area contributed by atoms with E-state index in [1.165, 1.54) is 5.56 Å². The van der Waals surface area contributed by atoms with Crippen LogP contribution in [0.25, 0.3) is 11.0 Å². The highest BCUT2D eigenvalue weighted by molar-refractivity contribution is 6.17. The third-order valence-corrected chi connectivity index (χ3v) is 3.53. The molecule has 0 amide bonds. The number of alkyl halides is 1. The molecule has 21 heavy (non-hydrogen) atoms. The highest BCUT2D eigenvalue weighted by Crippen LogP contribution is 2.20. The van der Waals surface area contributed by atoms with Crippen LogP contribution in [-0.2, 0) is 6.42 Å². The van der Waals surface area contributed by atoms with Crippen LogP contribution < -0.4 is 5.32 Å². The van der Waals surface area contributed by atoms with Gasteiger partial charge < -0.3 is 5.32 Å². The molecule has 0 aliphatic rings. The third-order valence-electron chi connectivity index (χ3n) is 3.34. The van der Waals surface area contributed by atoms with E-state index in [0.29, 0.717) is 5.88 Å². The van der Waals surface area contributed by atoms with Crippen LogP contribution in [0.3, 0.4) is 0 Å². The number of benzene rings is 2. The first-order chi connectivity index (χ1) is 10.3. The first-order valence-electron chi connectivity index (χ1n) is 6.91. The van der Waals surface area contributed by atoms with Crippen molar-refractivity contribution in [1.29, 1.82) is 0 Å². The summed E-state index contributed by atoms with van der Waals surface area (Å²) in [6.07, 6.45) is 0.886. The number of nitrogens with zero attached hydrogens (tertiary/aromatic N) is 2. The minimum atomic E-state index is 0.641. The summed E-state index contributed by atoms with van der Waals surface area (Å²) in [4.78, 5) is 9.21. The van der Waals surface area contributed by atoms with Crippen LogP contribution in [0.15, 0.2) is 48.5 Å². The lowest BCUT2D eigenvalue weighted by molar-refractivity contribution is 1.15. The molecule has 3 rings (SSSR count). The van der Waals surface area contributed by atoms with Crippen molar-refractivity contribution in [3.8, 4) is 0 Å². The van der Waals surface area contributed by atoms with Gasteiger partial charge >= 0.3 is 0 Å². The third kappa shape index (κ3) is 3.14. The summed E-state index contributed by atoms with van der Waals surface area (Å²) >= 11 is 5.75. The van der Waals surface area contributed by atoms with Crippen molar-refractivity contribution < 1.29 is 0 Å². The first-order valence-corrected chi connectivity index (χ1v) is 7.45. The second kappa shape index (κ2) is 6.10. The molecule has 3 nitrogen and oxygen atoms in total. The van der Waals surface area contributed by atoms with Gasteiger partial charge in [-0.15, -0.1) is 11.6 Å². The predicted octanol–water partition coefficient (Wildman–Crippen LogP) is 4.46. The van der Waals surface area contributed by atoms with Crippen molar-refractivity contribution in [2.45, 2.75) is 13.3 Å². The largest absolute Gasteiger partial charge is 0.339 e. The fourth-order valence-electron chi connectivity index (χ4n) is 2.21. The van der Waals surface area contributed by atoms with Gasteiger partial charge in [0.2, 0.25) is 0 Å². The zero-order valence-electron chi connectivity index (χ0n) is 11.8. The summed E-state index contributed by atoms with van der Waals surface area (Å²) < 4.78 is 0. The molecule has 0 radical (unpaired) electrons. The van der Waals surface area contributed by atoms with Gasteiger partial charge in [0.15, 0.2) is 5.82 Å². The van der Waals surface area contributed by atoms with Gasteiger partial charge in [0.25, 0.3) is 0 Å². The van der Waals surface area contributed by atoms with E-state index in [0.717, 1.165) is 34.7 Å². The molecular weight excluding hydrogens is 282 g/mol. The Bertz CT molecular complexity index is 754. The number of hydrogen-bond acceptors (Lipinski definition) is 3. The monoisotopic (exact) mass is 297 g/mol. The Morgan fingerprint density at radius 1 is 0.952 bits per heavy atom. The summed E-state index contributed by atoms with van der Waals surface area (Å²) in [7, 11) is 0. The molecule has 0 bridgehead atoms. The van der Waals surface area contributed by atoms with E-state index in [4.69, 9.17) is 11.6 Å². The molecule has 1 heterocycles. The van der Waals surface area contributed by atoms with Crippen LogP contribution in [0.2, 0.25) is 0 Å². The molecule has 1 N–H and O–H groups in total. The molecule has 0 unspecified atom stereocenters. The van der Waals surface area contributed by atoms with Gasteiger partial charge in [0, 0.05) is 11.6 Å². The fraction of sp³-hybridized carbons (Fsp3) is 0.176. The minimum Gasteiger partial charge on any atom is -0.339 e. The molecule has 0 saturated heterocycles. The number of aromatic nitrogens is 2. The number of halogens is 1. The lowest BCUT2D eigenvalue weighted by Gasteiger charge is -2.10. The van der Waals surface area contributed by atoms with Gasteiger partial charge in [-0.3, -0.25) is 0 Å². The second-order valence-electron chi connectivity index (χ2n) is 4.91. The van der Waals surface area contributed by atoms with Crippen molar-refractivity contribution in [2.24, 2.45) is 0 Å². The molecule has 0 atom stereocenters. The predicted molar refractivity (Wildman–Crippen MR) is 88.4 cm³/mol. The summed E-state index contributed by atoms with van der Waals surface area (Å²) in [6.45, 7) is 1.96. The van der Waals surface area contributed by atoms with E-state index in [1.807, 2.05) is 43.3 Å². The van der Waals surface area contributed by atoms with Gasteiger partial charge in [-0.1, -0.05) is 24.3 Å². The van der Waals surface area contributed by atoms with Crippen molar-refractivity contribution in [1.82, 2.24) is 9.97 Å². The number of rotatable bonds is 4. The Kier molecular flexibility index (Phi) is 4.02. The maximum absolute atomic E-state index is 5.75. The number of anilines is 2. The molecule has 0 saturated carbocycles. The highest BCUT2D eigenvalue weighted by Gasteiger charge is 2.05. The van der Waals surface area contributed by atoms with Crippen LogP contribution in [0, 0.1) is 6.92 Å². The van der Waals surface area contributed by atoms with Crippen molar-refractivity contribution >= 4 is 34.1 Å². The molecular formula is C17H16ClN3. The van der Waals surface area contributed by atoms with Crippen LogP contribution in [0.4, 0.5) is 11.5 Å². The standard InChI is InChI=1S/C17H16ClN3/c1-12-17(21-16-5-3-2-4-15(16)19-12)20-14-8-6-13(7-9-14)10-11-18/h2-9H,10-11H2,1H3,(H,20,21). The summed E-state index contributed by atoms with van der Waals surface area (Å²) in [5.74, 6) is 1.43. The SMILES string of the molecule is Cc1nc2ccccc2nc1Nc1ccc(CCCl)cc1. The Balaban J connectivity index is 1.88. The van der Waals surface area contributed by atoms with Gasteiger partial charge in [-0.25, -0.2) is 9.97 Å². The lowest BCUT2D eigenvalue weighted by atomic mass is 10.1. The normalized spacial score (nSPS) is 10.8. The summed E-state index contributed by atoms with van der Waals surface area (Å²) in [5, 5.41) is 3.33. The summed E-state index contributed by atoms with van der Waals surface area (Å²) in [5.41, 5.74) is 4.93. The Morgan fingerprint density at radius 2 is 1.62 bits per heavy atom. The number of fused-ring (bicyclic) bond motifs is 1. The van der Waals surface area contributed by atoms with E-state index < -0.39 is 0 Å². The molecule has 0 spiro atoms. The average Bonchev–Trinajstić information content (AvgIpc) is 2.50. The Hall–Kier alpha value is -2.13. The van der Waals surface area contributed by atoms with Crippen LogP contribution in [0.1, 0.15) is 11.3 Å². The van der Waals surface area contributed by atoms with Gasteiger partial charge in [0.05, 0.1) is 16.7 Å². The average molecular weight is 298 g/mol. The zero-order chi connectivity index (χ0) is 14.7. The maximum Gasteiger partial charge on any atom is 0.152 e. The Labute approximate surface area is 129 Å². The molecule has 0 fully saturated rings. The molecule has 4 heteroatoms. The molecule has 1 aromatic heterocycles. The lowest BCUT2D eigenvalue weighted by Crippen LogP contribution is -1.99. The first kappa shape index (κ1) is 13.8. The number of hydrogen-bond donors (Lipinski definition) is 1. The minimum absolute atomic E-state index is 0.641. The van der Waals surface area contributed by atoms with Crippen LogP contribution in [-0.4, -0.2) is 15.8 Å². The zero-order valence-corrected chi connectivity index (χ0v) is 12.6. The topological polar surface area (TPSA) is 37.8 Å². The van der Waals surface area contributed by atoms with Gasteiger partial charge in [-0.05, 0) is 43.2 Å². The molecule has 3 aromatic rings. The van der Waals surface area contributed by atoms with Crippen molar-refractivity contribution in [2.75, 3.05) is 11.2 Å². The second-order valence-corrected chi connectivity index (χ2v) is 5.29. The van der Waals surface area contributed by atoms with E-state index in [9.17, 15) is 0 Å². The van der Waals surface area contributed by atoms with E-state index in [2.05, 4.69) is 27.4 Å².